The number of pyridine rings is 1. The van der Waals surface area contributed by atoms with E-state index in [1.165, 1.54) is 16.0 Å². The van der Waals surface area contributed by atoms with E-state index in [0.29, 0.717) is 11.1 Å². The molecule has 0 aliphatic heterocycles. The third-order valence-electron chi connectivity index (χ3n) is 5.87. The Morgan fingerprint density at radius 1 is 1.14 bits per heavy atom. The summed E-state index contributed by atoms with van der Waals surface area (Å²) in [6.07, 6.45) is 8.06. The van der Waals surface area contributed by atoms with E-state index in [1.54, 1.807) is 11.8 Å². The van der Waals surface area contributed by atoms with E-state index in [4.69, 9.17) is 17.3 Å². The molecule has 3 aromatic rings. The highest BCUT2D eigenvalue weighted by Gasteiger charge is 2.34. The van der Waals surface area contributed by atoms with Crippen LogP contribution in [0.15, 0.2) is 59.6 Å². The van der Waals surface area contributed by atoms with Gasteiger partial charge in [0.25, 0.3) is 0 Å². The summed E-state index contributed by atoms with van der Waals surface area (Å²) in [7, 11) is 0. The molecule has 4 rings (SSSR count). The summed E-state index contributed by atoms with van der Waals surface area (Å²) >= 11 is 7.91. The van der Waals surface area contributed by atoms with E-state index in [1.807, 2.05) is 18.3 Å². The van der Waals surface area contributed by atoms with Crippen LogP contribution in [0, 0.1) is 0 Å². The van der Waals surface area contributed by atoms with Crippen LogP contribution in [0.4, 0.5) is 0 Å². The zero-order valence-corrected chi connectivity index (χ0v) is 17.7. The smallest absolute Gasteiger partial charge is 0.0720 e. The van der Waals surface area contributed by atoms with Crippen molar-refractivity contribution < 1.29 is 0 Å². The van der Waals surface area contributed by atoms with Crippen LogP contribution in [0.1, 0.15) is 36.8 Å². The number of halogens is 1. The first-order chi connectivity index (χ1) is 13.6. The first-order valence-corrected chi connectivity index (χ1v) is 11.4. The van der Waals surface area contributed by atoms with Crippen molar-refractivity contribution in [2.24, 2.45) is 5.73 Å². The van der Waals surface area contributed by atoms with Crippen LogP contribution in [0.2, 0.25) is 5.02 Å². The molecule has 0 spiro atoms. The molecule has 0 saturated heterocycles. The number of nitrogens with two attached hydrogens (primary N) is 1. The van der Waals surface area contributed by atoms with Crippen LogP contribution >= 0.6 is 23.4 Å². The highest BCUT2D eigenvalue weighted by atomic mass is 35.5. The quantitative estimate of drug-likeness (QED) is 0.544. The van der Waals surface area contributed by atoms with Crippen LogP contribution in [-0.2, 0) is 12.1 Å². The Balaban J connectivity index is 1.41. The molecule has 0 amide bonds. The maximum absolute atomic E-state index is 6.90. The van der Waals surface area contributed by atoms with Crippen molar-refractivity contribution in [1.82, 2.24) is 10.3 Å². The summed E-state index contributed by atoms with van der Waals surface area (Å²) in [5.41, 5.74) is 10.0. The molecule has 0 bridgehead atoms. The van der Waals surface area contributed by atoms with Crippen LogP contribution in [-0.4, -0.2) is 17.3 Å². The number of fused-ring (bicyclic) bond motifs is 1. The lowest BCUT2D eigenvalue weighted by atomic mass is 9.74. The Morgan fingerprint density at radius 3 is 2.61 bits per heavy atom. The van der Waals surface area contributed by atoms with Crippen molar-refractivity contribution in [3.63, 3.8) is 0 Å². The van der Waals surface area contributed by atoms with E-state index in [9.17, 15) is 0 Å². The second kappa shape index (κ2) is 8.42. The summed E-state index contributed by atoms with van der Waals surface area (Å²) in [4.78, 5) is 5.77. The van der Waals surface area contributed by atoms with Crippen molar-refractivity contribution in [3.8, 4) is 0 Å². The minimum absolute atomic E-state index is 0.298. The largest absolute Gasteiger partial charge is 0.321 e. The maximum Gasteiger partial charge on any atom is 0.0720 e. The molecule has 28 heavy (non-hydrogen) atoms. The molecular formula is C23H26ClN3S. The van der Waals surface area contributed by atoms with E-state index in [2.05, 4.69) is 53.0 Å². The molecule has 1 aliphatic carbocycles. The zero-order chi connectivity index (χ0) is 19.6. The monoisotopic (exact) mass is 411 g/mol. The summed E-state index contributed by atoms with van der Waals surface area (Å²) in [6, 6.07) is 17.3. The highest BCUT2D eigenvalue weighted by molar-refractivity contribution is 7.98. The van der Waals surface area contributed by atoms with Gasteiger partial charge in [0.05, 0.1) is 5.52 Å². The first kappa shape index (κ1) is 19.7. The van der Waals surface area contributed by atoms with Crippen LogP contribution < -0.4 is 11.1 Å². The van der Waals surface area contributed by atoms with Gasteiger partial charge in [-0.05, 0) is 73.4 Å². The standard InChI is InChI=1S/C23H26ClN3S/c1-28-19-5-2-16(3-6-19)15-27-18-8-11-23(25,12-9-18)21-10-13-26-22-14-17(24)4-7-20(21)22/h2-7,10,13-14,18,27H,8-9,11-12,15,25H2,1H3. The molecule has 2 aromatic carbocycles. The van der Waals surface area contributed by atoms with Gasteiger partial charge in [-0.2, -0.15) is 0 Å². The Labute approximate surface area is 176 Å². The number of nitrogens with one attached hydrogen (secondary N) is 1. The molecule has 1 fully saturated rings. The van der Waals surface area contributed by atoms with Gasteiger partial charge < -0.3 is 11.1 Å². The number of rotatable bonds is 5. The van der Waals surface area contributed by atoms with Gasteiger partial charge in [-0.1, -0.05) is 29.8 Å². The van der Waals surface area contributed by atoms with Gasteiger partial charge in [0.2, 0.25) is 0 Å². The predicted octanol–water partition coefficient (Wildman–Crippen LogP) is 5.50. The molecule has 5 heteroatoms. The molecule has 146 valence electrons. The van der Waals surface area contributed by atoms with Crippen molar-refractivity contribution in [1.29, 1.82) is 0 Å². The van der Waals surface area contributed by atoms with Crippen molar-refractivity contribution in [2.45, 2.75) is 48.7 Å². The molecule has 3 N–H and O–H groups in total. The fourth-order valence-electron chi connectivity index (χ4n) is 4.17. The van der Waals surface area contributed by atoms with Crippen molar-refractivity contribution in [3.05, 3.63) is 70.9 Å². The van der Waals surface area contributed by atoms with Crippen molar-refractivity contribution >= 4 is 34.3 Å². The number of benzene rings is 2. The van der Waals surface area contributed by atoms with Gasteiger partial charge in [-0.3, -0.25) is 4.98 Å². The Hall–Kier alpha value is -1.59. The third kappa shape index (κ3) is 4.20. The zero-order valence-electron chi connectivity index (χ0n) is 16.1. The lowest BCUT2D eigenvalue weighted by Gasteiger charge is -2.38. The lowest BCUT2D eigenvalue weighted by molar-refractivity contribution is 0.252. The summed E-state index contributed by atoms with van der Waals surface area (Å²) in [5.74, 6) is 0. The van der Waals surface area contributed by atoms with E-state index in [-0.39, 0.29) is 5.54 Å². The Morgan fingerprint density at radius 2 is 1.89 bits per heavy atom. The summed E-state index contributed by atoms with van der Waals surface area (Å²) in [6.45, 7) is 0.910. The number of thioether (sulfide) groups is 1. The number of hydrogen-bond acceptors (Lipinski definition) is 4. The Kier molecular flexibility index (Phi) is 5.93. The first-order valence-electron chi connectivity index (χ1n) is 9.77. The van der Waals surface area contributed by atoms with Crippen molar-refractivity contribution in [2.75, 3.05) is 6.26 Å². The average Bonchev–Trinajstić information content (AvgIpc) is 2.73. The van der Waals surface area contributed by atoms with Gasteiger partial charge in [0, 0.05) is 39.6 Å². The molecule has 1 heterocycles. The molecule has 1 saturated carbocycles. The summed E-state index contributed by atoms with van der Waals surface area (Å²) in [5, 5.41) is 5.55. The lowest BCUT2D eigenvalue weighted by Crippen LogP contribution is -2.45. The number of aromatic nitrogens is 1. The predicted molar refractivity (Wildman–Crippen MR) is 120 cm³/mol. The second-order valence-electron chi connectivity index (χ2n) is 7.68. The van der Waals surface area contributed by atoms with Gasteiger partial charge in [-0.15, -0.1) is 11.8 Å². The number of hydrogen-bond donors (Lipinski definition) is 2. The summed E-state index contributed by atoms with van der Waals surface area (Å²) < 4.78 is 0. The van der Waals surface area contributed by atoms with Gasteiger partial charge in [-0.25, -0.2) is 0 Å². The number of nitrogens with zero attached hydrogens (tertiary/aromatic N) is 1. The average molecular weight is 412 g/mol. The third-order valence-corrected chi connectivity index (χ3v) is 6.85. The van der Waals surface area contributed by atoms with Crippen LogP contribution in [0.5, 0.6) is 0 Å². The van der Waals surface area contributed by atoms with Gasteiger partial charge in [0.1, 0.15) is 0 Å². The minimum atomic E-state index is -0.298. The molecule has 3 nitrogen and oxygen atoms in total. The Bertz CT molecular complexity index is 950. The SMILES string of the molecule is CSc1ccc(CNC2CCC(N)(c3ccnc4cc(Cl)ccc34)CC2)cc1. The molecular weight excluding hydrogens is 386 g/mol. The van der Waals surface area contributed by atoms with Gasteiger partial charge >= 0.3 is 0 Å². The minimum Gasteiger partial charge on any atom is -0.321 e. The normalized spacial score (nSPS) is 22.5. The van der Waals surface area contributed by atoms with E-state index in [0.717, 1.165) is 43.1 Å². The molecule has 0 radical (unpaired) electrons. The van der Waals surface area contributed by atoms with Crippen LogP contribution in [0.25, 0.3) is 10.9 Å². The molecule has 1 aromatic heterocycles. The fourth-order valence-corrected chi connectivity index (χ4v) is 4.74. The van der Waals surface area contributed by atoms with E-state index < -0.39 is 0 Å². The topological polar surface area (TPSA) is 50.9 Å². The maximum atomic E-state index is 6.90. The molecule has 1 aliphatic rings. The molecule has 0 atom stereocenters. The second-order valence-corrected chi connectivity index (χ2v) is 9.00. The fraction of sp³-hybridized carbons (Fsp3) is 0.348. The van der Waals surface area contributed by atoms with E-state index >= 15 is 0 Å². The van der Waals surface area contributed by atoms with Crippen LogP contribution in [0.3, 0.4) is 0 Å². The highest BCUT2D eigenvalue weighted by Crippen LogP contribution is 2.38. The molecule has 0 unspecified atom stereocenters. The van der Waals surface area contributed by atoms with Gasteiger partial charge in [0.15, 0.2) is 0 Å².